The lowest BCUT2D eigenvalue weighted by Crippen LogP contribution is -2.21. The van der Waals surface area contributed by atoms with Gasteiger partial charge in [0.25, 0.3) is 20.0 Å². The number of carboxylic acid groups (broad SMARTS) is 1. The van der Waals surface area contributed by atoms with Gasteiger partial charge in [0, 0.05) is 12.1 Å². The summed E-state index contributed by atoms with van der Waals surface area (Å²) in [5, 5.41) is 18.7. The molecule has 0 aliphatic rings. The van der Waals surface area contributed by atoms with Crippen LogP contribution in [0.5, 0.6) is 0 Å². The fraction of sp³-hybridized carbons (Fsp3) is 0.0909. The minimum absolute atomic E-state index is 0.0111. The third kappa shape index (κ3) is 6.94. The summed E-state index contributed by atoms with van der Waals surface area (Å²) in [6.45, 7) is 0. The van der Waals surface area contributed by atoms with Crippen LogP contribution < -0.4 is 20.5 Å². The van der Waals surface area contributed by atoms with E-state index in [9.17, 15) is 21.6 Å². The Morgan fingerprint density at radius 2 is 1.40 bits per heavy atom. The van der Waals surface area contributed by atoms with Crippen LogP contribution in [0.25, 0.3) is 0 Å². The SMILES string of the molecule is N=C(N)Nc1cccc(S(=O)(=O)Nc2cccc(S(=O)(=O)Nc3ccccc3CCC(=O)O)c2)c1. The summed E-state index contributed by atoms with van der Waals surface area (Å²) < 4.78 is 56.4. The van der Waals surface area contributed by atoms with Gasteiger partial charge in [-0.2, -0.15) is 0 Å². The van der Waals surface area contributed by atoms with Gasteiger partial charge < -0.3 is 16.2 Å². The van der Waals surface area contributed by atoms with Gasteiger partial charge in [0.2, 0.25) is 0 Å². The second-order valence-electron chi connectivity index (χ2n) is 7.36. The van der Waals surface area contributed by atoms with E-state index in [0.717, 1.165) is 6.07 Å². The Morgan fingerprint density at radius 1 is 0.829 bits per heavy atom. The molecule has 0 saturated carbocycles. The Labute approximate surface area is 202 Å². The number of benzene rings is 3. The summed E-state index contributed by atoms with van der Waals surface area (Å²) in [4.78, 5) is 10.6. The number of nitrogens with one attached hydrogen (secondary N) is 4. The zero-order valence-corrected chi connectivity index (χ0v) is 19.9. The van der Waals surface area contributed by atoms with Gasteiger partial charge in [0.05, 0.1) is 21.2 Å². The van der Waals surface area contributed by atoms with E-state index in [1.165, 1.54) is 48.5 Å². The van der Waals surface area contributed by atoms with E-state index in [-0.39, 0.29) is 40.0 Å². The molecule has 0 amide bonds. The van der Waals surface area contributed by atoms with E-state index >= 15 is 0 Å². The number of hydrogen-bond donors (Lipinski definition) is 6. The van der Waals surface area contributed by atoms with Crippen molar-refractivity contribution in [2.24, 2.45) is 5.73 Å². The molecule has 0 heterocycles. The highest BCUT2D eigenvalue weighted by atomic mass is 32.2. The Hall–Kier alpha value is -4.10. The number of nitrogens with two attached hydrogens (primary N) is 1. The molecule has 35 heavy (non-hydrogen) atoms. The van der Waals surface area contributed by atoms with Gasteiger partial charge in [-0.05, 0) is 54.4 Å². The number of anilines is 3. The quantitative estimate of drug-likeness (QED) is 0.174. The summed E-state index contributed by atoms with van der Waals surface area (Å²) >= 11 is 0. The molecule has 0 spiro atoms. The van der Waals surface area contributed by atoms with Crippen molar-refractivity contribution in [1.29, 1.82) is 5.41 Å². The van der Waals surface area contributed by atoms with Crippen molar-refractivity contribution in [3.8, 4) is 0 Å². The summed E-state index contributed by atoms with van der Waals surface area (Å²) in [6.07, 6.45) is -0.0371. The van der Waals surface area contributed by atoms with Gasteiger partial charge >= 0.3 is 5.97 Å². The van der Waals surface area contributed by atoms with Gasteiger partial charge in [-0.15, -0.1) is 0 Å². The van der Waals surface area contributed by atoms with Gasteiger partial charge in [0.1, 0.15) is 0 Å². The van der Waals surface area contributed by atoms with Gasteiger partial charge in [-0.25, -0.2) is 16.8 Å². The Balaban J connectivity index is 1.84. The third-order valence-electron chi connectivity index (χ3n) is 4.69. The number of para-hydroxylation sites is 1. The van der Waals surface area contributed by atoms with E-state index in [1.54, 1.807) is 18.2 Å². The van der Waals surface area contributed by atoms with E-state index in [1.807, 2.05) is 0 Å². The molecule has 3 aromatic carbocycles. The predicted octanol–water partition coefficient (Wildman–Crippen LogP) is 2.61. The number of rotatable bonds is 10. The van der Waals surface area contributed by atoms with E-state index in [0.29, 0.717) is 11.3 Å². The Morgan fingerprint density at radius 3 is 2.03 bits per heavy atom. The second kappa shape index (κ2) is 10.4. The molecule has 0 aliphatic heterocycles. The Bertz CT molecular complexity index is 1470. The first-order valence-corrected chi connectivity index (χ1v) is 13.1. The molecule has 11 nitrogen and oxygen atoms in total. The molecule has 3 rings (SSSR count). The molecule has 0 bridgehead atoms. The first kappa shape index (κ1) is 25.5. The fourth-order valence-electron chi connectivity index (χ4n) is 3.12. The predicted molar refractivity (Wildman–Crippen MR) is 132 cm³/mol. The second-order valence-corrected chi connectivity index (χ2v) is 10.7. The van der Waals surface area contributed by atoms with Crippen molar-refractivity contribution in [3.63, 3.8) is 0 Å². The molecule has 7 N–H and O–H groups in total. The van der Waals surface area contributed by atoms with E-state index < -0.39 is 26.0 Å². The number of aryl methyl sites for hydroxylation is 1. The zero-order valence-electron chi connectivity index (χ0n) is 18.2. The zero-order chi connectivity index (χ0) is 25.6. The number of carboxylic acids is 1. The monoisotopic (exact) mass is 517 g/mol. The molecule has 0 unspecified atom stereocenters. The van der Waals surface area contributed by atoms with Crippen LogP contribution in [0.15, 0.2) is 82.6 Å². The first-order valence-electron chi connectivity index (χ1n) is 10.1. The largest absolute Gasteiger partial charge is 0.481 e. The maximum Gasteiger partial charge on any atom is 0.303 e. The molecule has 0 saturated heterocycles. The fourth-order valence-corrected chi connectivity index (χ4v) is 5.36. The summed E-state index contributed by atoms with van der Waals surface area (Å²) in [7, 11) is -8.20. The smallest absolute Gasteiger partial charge is 0.303 e. The Kier molecular flexibility index (Phi) is 7.62. The van der Waals surface area contributed by atoms with Gasteiger partial charge in [0.15, 0.2) is 5.96 Å². The number of aliphatic carboxylic acids is 1. The van der Waals surface area contributed by atoms with E-state index in [4.69, 9.17) is 16.2 Å². The number of guanidine groups is 1. The van der Waals surface area contributed by atoms with Crippen LogP contribution in [-0.4, -0.2) is 33.9 Å². The lowest BCUT2D eigenvalue weighted by Gasteiger charge is -2.14. The average Bonchev–Trinajstić information content (AvgIpc) is 2.78. The normalized spacial score (nSPS) is 11.4. The summed E-state index contributed by atoms with van der Waals surface area (Å²) in [5.41, 5.74) is 6.32. The van der Waals surface area contributed by atoms with Crippen LogP contribution in [0, 0.1) is 5.41 Å². The maximum atomic E-state index is 13.0. The summed E-state index contributed by atoms with van der Waals surface area (Å²) in [6, 6.07) is 17.3. The highest BCUT2D eigenvalue weighted by Crippen LogP contribution is 2.25. The lowest BCUT2D eigenvalue weighted by molar-refractivity contribution is -0.136. The minimum Gasteiger partial charge on any atom is -0.481 e. The number of hydrogen-bond acceptors (Lipinski definition) is 6. The molecule has 184 valence electrons. The van der Waals surface area contributed by atoms with Crippen LogP contribution in [0.4, 0.5) is 17.1 Å². The lowest BCUT2D eigenvalue weighted by atomic mass is 10.1. The van der Waals surface area contributed by atoms with Crippen molar-refractivity contribution >= 4 is 49.0 Å². The van der Waals surface area contributed by atoms with Crippen LogP contribution in [-0.2, 0) is 31.3 Å². The molecular weight excluding hydrogens is 494 g/mol. The van der Waals surface area contributed by atoms with Crippen LogP contribution in [0.3, 0.4) is 0 Å². The molecular formula is C22H23N5O6S2. The average molecular weight is 518 g/mol. The van der Waals surface area contributed by atoms with Gasteiger partial charge in [-0.1, -0.05) is 30.3 Å². The molecule has 3 aromatic rings. The molecule has 13 heteroatoms. The molecule has 0 radical (unpaired) electrons. The highest BCUT2D eigenvalue weighted by molar-refractivity contribution is 7.93. The van der Waals surface area contributed by atoms with E-state index in [2.05, 4.69) is 14.8 Å². The summed E-state index contributed by atoms with van der Waals surface area (Å²) in [5.74, 6) is -1.37. The number of sulfonamides is 2. The third-order valence-corrected chi connectivity index (χ3v) is 7.43. The minimum atomic E-state index is -4.12. The first-order chi connectivity index (χ1) is 16.5. The molecule has 0 aliphatic carbocycles. The standard InChI is InChI=1S/C22H23N5O6S2/c23-22(24)25-16-6-3-8-18(13-16)34(30,31)26-17-7-4-9-19(14-17)35(32,33)27-20-10-2-1-5-15(20)11-12-21(28)29/h1-10,13-14,26-27H,11-12H2,(H,28,29)(H4,23,24,25). The van der Waals surface area contributed by atoms with Gasteiger partial charge in [-0.3, -0.25) is 19.6 Å². The van der Waals surface area contributed by atoms with Crippen molar-refractivity contribution in [3.05, 3.63) is 78.4 Å². The van der Waals surface area contributed by atoms with Crippen molar-refractivity contribution < 1.29 is 26.7 Å². The number of carbonyl (C=O) groups is 1. The van der Waals surface area contributed by atoms with Crippen LogP contribution in [0.2, 0.25) is 0 Å². The maximum absolute atomic E-state index is 13.0. The topological polar surface area (TPSA) is 192 Å². The van der Waals surface area contributed by atoms with Crippen LogP contribution >= 0.6 is 0 Å². The highest BCUT2D eigenvalue weighted by Gasteiger charge is 2.19. The van der Waals surface area contributed by atoms with Crippen molar-refractivity contribution in [1.82, 2.24) is 0 Å². The molecule has 0 aromatic heterocycles. The molecule has 0 fully saturated rings. The molecule has 0 atom stereocenters. The van der Waals surface area contributed by atoms with Crippen molar-refractivity contribution in [2.45, 2.75) is 22.6 Å². The van der Waals surface area contributed by atoms with Crippen molar-refractivity contribution in [2.75, 3.05) is 14.8 Å². The van der Waals surface area contributed by atoms with Crippen LogP contribution in [0.1, 0.15) is 12.0 Å².